The van der Waals surface area contributed by atoms with Gasteiger partial charge in [0.2, 0.25) is 0 Å². The number of esters is 1. The quantitative estimate of drug-likeness (QED) is 0.339. The zero-order chi connectivity index (χ0) is 17.2. The van der Waals surface area contributed by atoms with Crippen LogP contribution >= 0.6 is 11.8 Å². The molecule has 0 aliphatic rings. The van der Waals surface area contributed by atoms with Crippen LogP contribution in [-0.4, -0.2) is 55.3 Å². The standard InChI is InChI=1S/C16H23NO5S/c1-5-21-16(19)11(2)17-15(23-4)13-7-6-12(10-14(13)18)22-9-8-20-3/h6-7,10-11,18H,5,8-9H2,1-4H3. The maximum atomic E-state index is 11.7. The Labute approximate surface area is 140 Å². The maximum Gasteiger partial charge on any atom is 0.330 e. The number of phenols is 1. The Balaban J connectivity index is 2.91. The van der Waals surface area contributed by atoms with Gasteiger partial charge in [-0.1, -0.05) is 0 Å². The third kappa shape index (κ3) is 6.11. The molecule has 1 aromatic rings. The largest absolute Gasteiger partial charge is 0.507 e. The Morgan fingerprint density at radius 3 is 2.70 bits per heavy atom. The topological polar surface area (TPSA) is 77.4 Å². The molecule has 0 aliphatic heterocycles. The summed E-state index contributed by atoms with van der Waals surface area (Å²) in [4.78, 5) is 16.0. The van der Waals surface area contributed by atoms with Crippen LogP contribution < -0.4 is 4.74 Å². The number of carbonyl (C=O) groups excluding carboxylic acids is 1. The van der Waals surface area contributed by atoms with E-state index in [-0.39, 0.29) is 5.75 Å². The van der Waals surface area contributed by atoms with Gasteiger partial charge in [0.1, 0.15) is 29.2 Å². The van der Waals surface area contributed by atoms with Gasteiger partial charge in [-0.2, -0.15) is 0 Å². The molecular weight excluding hydrogens is 318 g/mol. The molecule has 0 spiro atoms. The van der Waals surface area contributed by atoms with Crippen molar-refractivity contribution >= 4 is 22.8 Å². The number of benzene rings is 1. The van der Waals surface area contributed by atoms with E-state index in [2.05, 4.69) is 4.99 Å². The van der Waals surface area contributed by atoms with Gasteiger partial charge in [0.05, 0.1) is 13.2 Å². The van der Waals surface area contributed by atoms with E-state index in [9.17, 15) is 9.90 Å². The molecule has 1 rings (SSSR count). The summed E-state index contributed by atoms with van der Waals surface area (Å²) >= 11 is 1.35. The summed E-state index contributed by atoms with van der Waals surface area (Å²) in [5, 5.41) is 10.7. The van der Waals surface area contributed by atoms with E-state index in [1.807, 2.05) is 6.26 Å². The van der Waals surface area contributed by atoms with E-state index in [1.54, 1.807) is 33.1 Å². The highest BCUT2D eigenvalue weighted by molar-refractivity contribution is 8.13. The van der Waals surface area contributed by atoms with Crippen molar-refractivity contribution in [2.75, 3.05) is 33.2 Å². The summed E-state index contributed by atoms with van der Waals surface area (Å²) in [6, 6.07) is 4.34. The summed E-state index contributed by atoms with van der Waals surface area (Å²) in [5.74, 6) is 0.198. The van der Waals surface area contributed by atoms with E-state index >= 15 is 0 Å². The van der Waals surface area contributed by atoms with Gasteiger partial charge in [-0.25, -0.2) is 4.79 Å². The van der Waals surface area contributed by atoms with E-state index < -0.39 is 12.0 Å². The molecule has 1 N–H and O–H groups in total. The summed E-state index contributed by atoms with van der Waals surface area (Å²) in [6.45, 7) is 4.59. The third-order valence-electron chi connectivity index (χ3n) is 2.89. The predicted molar refractivity (Wildman–Crippen MR) is 91.6 cm³/mol. The van der Waals surface area contributed by atoms with Crippen molar-refractivity contribution in [3.8, 4) is 11.5 Å². The summed E-state index contributed by atoms with van der Waals surface area (Å²) < 4.78 is 15.3. The van der Waals surface area contributed by atoms with Gasteiger partial charge in [0.15, 0.2) is 0 Å². The van der Waals surface area contributed by atoms with E-state index in [0.29, 0.717) is 36.2 Å². The van der Waals surface area contributed by atoms with Crippen molar-refractivity contribution in [1.82, 2.24) is 0 Å². The monoisotopic (exact) mass is 341 g/mol. The molecule has 0 radical (unpaired) electrons. The van der Waals surface area contributed by atoms with Gasteiger partial charge in [-0.15, -0.1) is 11.8 Å². The molecule has 0 saturated heterocycles. The second kappa shape index (κ2) is 10.1. The first-order valence-electron chi connectivity index (χ1n) is 7.27. The highest BCUT2D eigenvalue weighted by Crippen LogP contribution is 2.27. The Hall–Kier alpha value is -1.73. The van der Waals surface area contributed by atoms with Crippen LogP contribution in [0.1, 0.15) is 19.4 Å². The van der Waals surface area contributed by atoms with E-state index in [0.717, 1.165) is 0 Å². The zero-order valence-electron chi connectivity index (χ0n) is 13.9. The minimum absolute atomic E-state index is 0.0454. The van der Waals surface area contributed by atoms with Gasteiger partial charge in [0.25, 0.3) is 0 Å². The van der Waals surface area contributed by atoms with E-state index in [4.69, 9.17) is 14.2 Å². The molecule has 7 heteroatoms. The minimum atomic E-state index is -0.630. The van der Waals surface area contributed by atoms with Crippen LogP contribution in [0.15, 0.2) is 23.2 Å². The number of hydrogen-bond acceptors (Lipinski definition) is 7. The molecule has 0 saturated carbocycles. The Morgan fingerprint density at radius 2 is 2.13 bits per heavy atom. The van der Waals surface area contributed by atoms with Crippen LogP contribution in [0.2, 0.25) is 0 Å². The number of methoxy groups -OCH3 is 1. The number of phenolic OH excluding ortho intramolecular Hbond substituents is 1. The number of ether oxygens (including phenoxy) is 3. The van der Waals surface area contributed by atoms with Gasteiger partial charge in [-0.3, -0.25) is 4.99 Å². The van der Waals surface area contributed by atoms with Crippen molar-refractivity contribution in [2.45, 2.75) is 19.9 Å². The van der Waals surface area contributed by atoms with Crippen LogP contribution in [0, 0.1) is 0 Å². The van der Waals surface area contributed by atoms with Crippen molar-refractivity contribution in [3.05, 3.63) is 23.8 Å². The smallest absolute Gasteiger partial charge is 0.330 e. The molecular formula is C16H23NO5S. The highest BCUT2D eigenvalue weighted by atomic mass is 32.2. The second-order valence-corrected chi connectivity index (χ2v) is 5.38. The first kappa shape index (κ1) is 19.3. The van der Waals surface area contributed by atoms with Crippen molar-refractivity contribution in [1.29, 1.82) is 0 Å². The second-order valence-electron chi connectivity index (χ2n) is 4.59. The molecule has 128 valence electrons. The van der Waals surface area contributed by atoms with Crippen LogP contribution in [0.5, 0.6) is 11.5 Å². The zero-order valence-corrected chi connectivity index (χ0v) is 14.7. The van der Waals surface area contributed by atoms with Crippen LogP contribution in [-0.2, 0) is 14.3 Å². The fourth-order valence-corrected chi connectivity index (χ4v) is 2.40. The molecule has 0 aromatic heterocycles. The average molecular weight is 341 g/mol. The Morgan fingerprint density at radius 1 is 1.39 bits per heavy atom. The predicted octanol–water partition coefficient (Wildman–Crippen LogP) is 2.48. The van der Waals surface area contributed by atoms with Gasteiger partial charge in [0, 0.05) is 18.7 Å². The molecule has 1 aromatic carbocycles. The molecule has 0 amide bonds. The van der Waals surface area contributed by atoms with Crippen LogP contribution in [0.4, 0.5) is 0 Å². The average Bonchev–Trinajstić information content (AvgIpc) is 2.53. The molecule has 0 bridgehead atoms. The number of hydrogen-bond donors (Lipinski definition) is 1. The Kier molecular flexibility index (Phi) is 8.50. The lowest BCUT2D eigenvalue weighted by Crippen LogP contribution is -2.19. The highest BCUT2D eigenvalue weighted by Gasteiger charge is 2.16. The lowest BCUT2D eigenvalue weighted by atomic mass is 10.2. The molecule has 0 aliphatic carbocycles. The Bertz CT molecular complexity index is 547. The summed E-state index contributed by atoms with van der Waals surface area (Å²) in [7, 11) is 1.59. The summed E-state index contributed by atoms with van der Waals surface area (Å²) in [6.07, 6.45) is 1.83. The van der Waals surface area contributed by atoms with Crippen molar-refractivity contribution in [3.63, 3.8) is 0 Å². The van der Waals surface area contributed by atoms with Crippen molar-refractivity contribution < 1.29 is 24.1 Å². The normalized spacial score (nSPS) is 12.8. The summed E-state index contributed by atoms with van der Waals surface area (Å²) in [5.41, 5.74) is 0.549. The molecule has 1 unspecified atom stereocenters. The first-order valence-corrected chi connectivity index (χ1v) is 8.49. The molecule has 1 atom stereocenters. The lowest BCUT2D eigenvalue weighted by molar-refractivity contribution is -0.144. The fraction of sp³-hybridized carbons (Fsp3) is 0.500. The molecule has 23 heavy (non-hydrogen) atoms. The SMILES string of the molecule is CCOC(=O)C(C)N=C(SC)c1ccc(OCCOC)cc1O. The van der Waals surface area contributed by atoms with Crippen LogP contribution in [0.25, 0.3) is 0 Å². The number of carbonyl (C=O) groups is 1. The number of nitrogens with zero attached hydrogens (tertiary/aromatic N) is 1. The van der Waals surface area contributed by atoms with E-state index in [1.165, 1.54) is 17.8 Å². The van der Waals surface area contributed by atoms with Gasteiger partial charge in [-0.05, 0) is 32.2 Å². The third-order valence-corrected chi connectivity index (χ3v) is 3.60. The van der Waals surface area contributed by atoms with Crippen LogP contribution in [0.3, 0.4) is 0 Å². The molecule has 0 heterocycles. The number of aromatic hydroxyl groups is 1. The van der Waals surface area contributed by atoms with Gasteiger partial charge < -0.3 is 19.3 Å². The van der Waals surface area contributed by atoms with Gasteiger partial charge >= 0.3 is 5.97 Å². The lowest BCUT2D eigenvalue weighted by Gasteiger charge is -2.12. The maximum absolute atomic E-state index is 11.7. The van der Waals surface area contributed by atoms with Crippen molar-refractivity contribution in [2.24, 2.45) is 4.99 Å². The fourth-order valence-electron chi connectivity index (χ4n) is 1.75. The number of rotatable bonds is 8. The number of thioether (sulfide) groups is 1. The first-order chi connectivity index (χ1) is 11.0. The molecule has 6 nitrogen and oxygen atoms in total. The number of aliphatic imine (C=N–C) groups is 1. The minimum Gasteiger partial charge on any atom is -0.507 e. The molecule has 0 fully saturated rings.